The lowest BCUT2D eigenvalue weighted by Gasteiger charge is -2.47. The third kappa shape index (κ3) is 5.59. The van der Waals surface area contributed by atoms with Crippen LogP contribution in [0.1, 0.15) is 73.1 Å². The average molecular weight is 341 g/mol. The van der Waals surface area contributed by atoms with Gasteiger partial charge in [-0.3, -0.25) is 0 Å². The second kappa shape index (κ2) is 9.57. The van der Waals surface area contributed by atoms with Gasteiger partial charge in [0.1, 0.15) is 5.60 Å². The van der Waals surface area contributed by atoms with Crippen molar-refractivity contribution in [3.8, 4) is 0 Å². The summed E-state index contributed by atoms with van der Waals surface area (Å²) >= 11 is 0. The van der Waals surface area contributed by atoms with Crippen LogP contribution in [-0.4, -0.2) is 36.5 Å². The van der Waals surface area contributed by atoms with Crippen molar-refractivity contribution in [1.82, 2.24) is 0 Å². The molecule has 1 aliphatic carbocycles. The van der Waals surface area contributed by atoms with Crippen LogP contribution in [0.4, 0.5) is 0 Å². The highest BCUT2D eigenvalue weighted by atomic mass is 16.6. The van der Waals surface area contributed by atoms with Crippen molar-refractivity contribution < 1.29 is 19.0 Å². The zero-order valence-corrected chi connectivity index (χ0v) is 16.2. The Morgan fingerprint density at radius 2 is 2.12 bits per heavy atom. The van der Waals surface area contributed by atoms with Gasteiger partial charge in [-0.1, -0.05) is 27.4 Å². The summed E-state index contributed by atoms with van der Waals surface area (Å²) in [4.78, 5) is 11.5. The maximum atomic E-state index is 11.5. The lowest BCUT2D eigenvalue weighted by molar-refractivity contribution is -0.186. The highest BCUT2D eigenvalue weighted by Crippen LogP contribution is 2.43. The monoisotopic (exact) mass is 340 g/mol. The molecule has 24 heavy (non-hydrogen) atoms. The molecule has 0 amide bonds. The Balaban J connectivity index is 0.00000139. The largest absolute Gasteiger partial charge is 0.456 e. The molecule has 1 aliphatic heterocycles. The van der Waals surface area contributed by atoms with E-state index in [-0.39, 0.29) is 17.5 Å². The fourth-order valence-corrected chi connectivity index (χ4v) is 3.31. The average Bonchev–Trinajstić information content (AvgIpc) is 3.08. The van der Waals surface area contributed by atoms with Gasteiger partial charge in [-0.2, -0.15) is 0 Å². The number of rotatable bonds is 8. The molecule has 0 bridgehead atoms. The molecule has 4 unspecified atom stereocenters. The number of carbonyl (C=O) groups excluding carboxylic acids is 1. The first kappa shape index (κ1) is 21.2. The summed E-state index contributed by atoms with van der Waals surface area (Å²) in [5, 5.41) is 0. The predicted octanol–water partition coefficient (Wildman–Crippen LogP) is 4.66. The van der Waals surface area contributed by atoms with Crippen LogP contribution >= 0.6 is 0 Å². The summed E-state index contributed by atoms with van der Waals surface area (Å²) in [6.45, 7) is 15.3. The van der Waals surface area contributed by atoms with E-state index in [1.807, 2.05) is 20.8 Å². The normalized spacial score (nSPS) is 31.2. The SMILES string of the molecule is C=CC(=O)OC1(C)CCC1COC(C)(CC)CC1CCCO1.CC. The molecule has 4 atom stereocenters. The molecular weight excluding hydrogens is 304 g/mol. The number of esters is 1. The Bertz CT molecular complexity index is 402. The van der Waals surface area contributed by atoms with E-state index in [9.17, 15) is 4.79 Å². The summed E-state index contributed by atoms with van der Waals surface area (Å²) in [5.41, 5.74) is -0.558. The van der Waals surface area contributed by atoms with E-state index in [1.165, 1.54) is 6.08 Å². The fourth-order valence-electron chi connectivity index (χ4n) is 3.31. The number of carbonyl (C=O) groups is 1. The van der Waals surface area contributed by atoms with Crippen LogP contribution in [0.15, 0.2) is 12.7 Å². The van der Waals surface area contributed by atoms with Gasteiger partial charge in [0.15, 0.2) is 0 Å². The molecule has 0 radical (unpaired) electrons. The molecule has 0 aromatic rings. The van der Waals surface area contributed by atoms with Crippen molar-refractivity contribution in [2.45, 2.75) is 90.4 Å². The first-order chi connectivity index (χ1) is 11.4. The molecule has 4 heteroatoms. The molecule has 0 spiro atoms. The van der Waals surface area contributed by atoms with Crippen LogP contribution in [0, 0.1) is 5.92 Å². The minimum Gasteiger partial charge on any atom is -0.456 e. The lowest BCUT2D eigenvalue weighted by Crippen LogP contribution is -2.51. The molecule has 140 valence electrons. The van der Waals surface area contributed by atoms with Gasteiger partial charge in [0.25, 0.3) is 0 Å². The molecule has 4 nitrogen and oxygen atoms in total. The van der Waals surface area contributed by atoms with Crippen molar-refractivity contribution in [3.63, 3.8) is 0 Å². The summed E-state index contributed by atoms with van der Waals surface area (Å²) in [7, 11) is 0. The van der Waals surface area contributed by atoms with Crippen LogP contribution in [0.25, 0.3) is 0 Å². The fraction of sp³-hybridized carbons (Fsp3) is 0.850. The van der Waals surface area contributed by atoms with Crippen LogP contribution in [0.3, 0.4) is 0 Å². The van der Waals surface area contributed by atoms with Gasteiger partial charge in [-0.25, -0.2) is 4.79 Å². The molecule has 0 N–H and O–H groups in total. The quantitative estimate of drug-likeness (QED) is 0.476. The predicted molar refractivity (Wildman–Crippen MR) is 97.0 cm³/mol. The van der Waals surface area contributed by atoms with E-state index >= 15 is 0 Å². The van der Waals surface area contributed by atoms with Gasteiger partial charge in [0, 0.05) is 25.0 Å². The number of hydrogen-bond donors (Lipinski definition) is 0. The summed E-state index contributed by atoms with van der Waals surface area (Å²) in [6.07, 6.45) is 7.70. The van der Waals surface area contributed by atoms with Crippen molar-refractivity contribution in [3.05, 3.63) is 12.7 Å². The van der Waals surface area contributed by atoms with Gasteiger partial charge in [-0.05, 0) is 46.0 Å². The standard InChI is InChI=1S/C18H30O4.C2H6/c1-5-16(19)22-18(4)10-9-14(18)13-21-17(3,6-2)12-15-8-7-11-20-15;1-2/h5,14-15H,1,6-13H2,2-4H3;1-2H3. The molecule has 1 saturated carbocycles. The molecular formula is C20H36O4. The van der Waals surface area contributed by atoms with E-state index in [0.717, 1.165) is 45.1 Å². The lowest BCUT2D eigenvalue weighted by atomic mass is 9.70. The zero-order chi connectivity index (χ0) is 18.2. The van der Waals surface area contributed by atoms with E-state index < -0.39 is 5.60 Å². The van der Waals surface area contributed by atoms with Gasteiger partial charge in [-0.15, -0.1) is 0 Å². The maximum absolute atomic E-state index is 11.5. The highest BCUT2D eigenvalue weighted by Gasteiger charge is 2.47. The first-order valence-corrected chi connectivity index (χ1v) is 9.52. The van der Waals surface area contributed by atoms with Crippen molar-refractivity contribution in [1.29, 1.82) is 0 Å². The van der Waals surface area contributed by atoms with E-state index in [4.69, 9.17) is 14.2 Å². The van der Waals surface area contributed by atoms with Crippen molar-refractivity contribution in [2.24, 2.45) is 5.92 Å². The van der Waals surface area contributed by atoms with E-state index in [1.54, 1.807) is 0 Å². The second-order valence-corrected chi connectivity index (χ2v) is 7.13. The second-order valence-electron chi connectivity index (χ2n) is 7.13. The summed E-state index contributed by atoms with van der Waals surface area (Å²) in [6, 6.07) is 0. The third-order valence-corrected chi connectivity index (χ3v) is 5.42. The van der Waals surface area contributed by atoms with E-state index in [2.05, 4.69) is 20.4 Å². The molecule has 2 aliphatic rings. The third-order valence-electron chi connectivity index (χ3n) is 5.42. The summed E-state index contributed by atoms with van der Waals surface area (Å²) < 4.78 is 17.5. The van der Waals surface area contributed by atoms with Crippen LogP contribution in [0.2, 0.25) is 0 Å². The Hall–Kier alpha value is -0.870. The maximum Gasteiger partial charge on any atom is 0.330 e. The summed E-state index contributed by atoms with van der Waals surface area (Å²) in [5.74, 6) is -0.0726. The van der Waals surface area contributed by atoms with Crippen LogP contribution in [-0.2, 0) is 19.0 Å². The Morgan fingerprint density at radius 3 is 2.58 bits per heavy atom. The molecule has 0 aromatic carbocycles. The highest BCUT2D eigenvalue weighted by molar-refractivity contribution is 5.81. The van der Waals surface area contributed by atoms with Crippen molar-refractivity contribution >= 4 is 5.97 Å². The van der Waals surface area contributed by atoms with Crippen LogP contribution < -0.4 is 0 Å². The number of ether oxygens (including phenoxy) is 3. The molecule has 0 aromatic heterocycles. The van der Waals surface area contributed by atoms with Crippen molar-refractivity contribution in [2.75, 3.05) is 13.2 Å². The smallest absolute Gasteiger partial charge is 0.330 e. The van der Waals surface area contributed by atoms with Gasteiger partial charge < -0.3 is 14.2 Å². The zero-order valence-electron chi connectivity index (χ0n) is 16.2. The minimum atomic E-state index is -0.399. The van der Waals surface area contributed by atoms with Gasteiger partial charge in [0.2, 0.25) is 0 Å². The Morgan fingerprint density at radius 1 is 1.42 bits per heavy atom. The Labute approximate surface area is 147 Å². The molecule has 2 fully saturated rings. The van der Waals surface area contributed by atoms with E-state index in [0.29, 0.717) is 12.7 Å². The molecule has 1 saturated heterocycles. The molecule has 1 heterocycles. The van der Waals surface area contributed by atoms with Gasteiger partial charge in [0.05, 0.1) is 18.3 Å². The Kier molecular flexibility index (Phi) is 8.44. The first-order valence-electron chi connectivity index (χ1n) is 9.52. The molecule has 2 rings (SSSR count). The number of hydrogen-bond acceptors (Lipinski definition) is 4. The van der Waals surface area contributed by atoms with Crippen LogP contribution in [0.5, 0.6) is 0 Å². The topological polar surface area (TPSA) is 44.8 Å². The minimum absolute atomic E-state index is 0.159. The van der Waals surface area contributed by atoms with Gasteiger partial charge >= 0.3 is 5.97 Å².